The summed E-state index contributed by atoms with van der Waals surface area (Å²) in [5, 5.41) is 0. The van der Waals surface area contributed by atoms with Crippen LogP contribution in [0.2, 0.25) is 0 Å². The Labute approximate surface area is 99.4 Å². The second kappa shape index (κ2) is 6.52. The van der Waals surface area contributed by atoms with Gasteiger partial charge in [0.25, 0.3) is 0 Å². The zero-order chi connectivity index (χ0) is 11.1. The monoisotopic (exact) mass is 214 g/mol. The fourth-order valence-electron chi connectivity index (χ4n) is 2.39. The second-order valence-electron chi connectivity index (χ2n) is 4.77. The molecule has 0 unspecified atom stereocenters. The highest BCUT2D eigenvalue weighted by molar-refractivity contribution is 5.28. The SMILES string of the molecule is C1=C(/C=C/C=C/C2=CCCCC2)CCCC1. The normalized spacial score (nSPS) is 22.5. The summed E-state index contributed by atoms with van der Waals surface area (Å²) in [5.74, 6) is 0. The van der Waals surface area contributed by atoms with Crippen molar-refractivity contribution in [1.29, 1.82) is 0 Å². The second-order valence-corrected chi connectivity index (χ2v) is 4.77. The maximum Gasteiger partial charge on any atom is -0.0282 e. The highest BCUT2D eigenvalue weighted by atomic mass is 14.1. The van der Waals surface area contributed by atoms with Gasteiger partial charge in [0.05, 0.1) is 0 Å². The Balaban J connectivity index is 1.81. The maximum absolute atomic E-state index is 2.38. The van der Waals surface area contributed by atoms with Crippen LogP contribution in [0, 0.1) is 0 Å². The molecule has 0 aromatic carbocycles. The van der Waals surface area contributed by atoms with Crippen LogP contribution in [0.4, 0.5) is 0 Å². The van der Waals surface area contributed by atoms with Gasteiger partial charge in [0.2, 0.25) is 0 Å². The van der Waals surface area contributed by atoms with E-state index in [1.165, 1.54) is 62.5 Å². The van der Waals surface area contributed by atoms with E-state index < -0.39 is 0 Å². The third kappa shape index (κ3) is 3.84. The Morgan fingerprint density at radius 2 is 1.19 bits per heavy atom. The predicted molar refractivity (Wildman–Crippen MR) is 71.4 cm³/mol. The van der Waals surface area contributed by atoms with Crippen molar-refractivity contribution in [2.75, 3.05) is 0 Å². The zero-order valence-electron chi connectivity index (χ0n) is 10.1. The molecule has 0 bridgehead atoms. The van der Waals surface area contributed by atoms with Crippen LogP contribution in [0.3, 0.4) is 0 Å². The highest BCUT2D eigenvalue weighted by Gasteiger charge is 1.99. The molecule has 0 aliphatic heterocycles. The first-order valence-electron chi connectivity index (χ1n) is 6.68. The molecule has 0 aromatic rings. The molecular weight excluding hydrogens is 192 g/mol. The van der Waals surface area contributed by atoms with Crippen LogP contribution >= 0.6 is 0 Å². The minimum atomic E-state index is 1.27. The van der Waals surface area contributed by atoms with E-state index in [2.05, 4.69) is 36.5 Å². The minimum absolute atomic E-state index is 1.27. The van der Waals surface area contributed by atoms with Crippen LogP contribution in [0.25, 0.3) is 0 Å². The Morgan fingerprint density at radius 3 is 1.56 bits per heavy atom. The molecule has 2 rings (SSSR count). The number of hydrogen-bond donors (Lipinski definition) is 0. The largest absolute Gasteiger partial charge is 0.0813 e. The fourth-order valence-corrected chi connectivity index (χ4v) is 2.39. The van der Waals surface area contributed by atoms with Crippen LogP contribution in [-0.2, 0) is 0 Å². The molecule has 0 amide bonds. The van der Waals surface area contributed by atoms with E-state index >= 15 is 0 Å². The number of allylic oxidation sites excluding steroid dienone is 8. The summed E-state index contributed by atoms with van der Waals surface area (Å²) < 4.78 is 0. The van der Waals surface area contributed by atoms with Gasteiger partial charge in [-0.15, -0.1) is 0 Å². The van der Waals surface area contributed by atoms with Crippen molar-refractivity contribution in [2.24, 2.45) is 0 Å². The van der Waals surface area contributed by atoms with E-state index in [-0.39, 0.29) is 0 Å². The van der Waals surface area contributed by atoms with Gasteiger partial charge in [-0.05, 0) is 51.4 Å². The lowest BCUT2D eigenvalue weighted by molar-refractivity contribution is 0.711. The van der Waals surface area contributed by atoms with E-state index in [0.717, 1.165) is 0 Å². The first-order valence-corrected chi connectivity index (χ1v) is 6.68. The van der Waals surface area contributed by atoms with E-state index in [4.69, 9.17) is 0 Å². The molecule has 0 radical (unpaired) electrons. The lowest BCUT2D eigenvalue weighted by Gasteiger charge is -2.08. The average Bonchev–Trinajstić information content (AvgIpc) is 2.37. The van der Waals surface area contributed by atoms with Crippen LogP contribution < -0.4 is 0 Å². The molecule has 0 saturated heterocycles. The zero-order valence-corrected chi connectivity index (χ0v) is 10.1. The summed E-state index contributed by atoms with van der Waals surface area (Å²) >= 11 is 0. The van der Waals surface area contributed by atoms with Crippen LogP contribution in [-0.4, -0.2) is 0 Å². The van der Waals surface area contributed by atoms with Gasteiger partial charge < -0.3 is 0 Å². The Kier molecular flexibility index (Phi) is 4.67. The fraction of sp³-hybridized carbons (Fsp3) is 0.500. The summed E-state index contributed by atoms with van der Waals surface area (Å²) in [6.45, 7) is 0. The summed E-state index contributed by atoms with van der Waals surface area (Å²) in [5.41, 5.74) is 3.04. The molecule has 2 aliphatic rings. The topological polar surface area (TPSA) is 0 Å². The van der Waals surface area contributed by atoms with Gasteiger partial charge in [-0.3, -0.25) is 0 Å². The van der Waals surface area contributed by atoms with Gasteiger partial charge in [-0.1, -0.05) is 47.6 Å². The summed E-state index contributed by atoms with van der Waals surface area (Å²) in [7, 11) is 0. The molecule has 86 valence electrons. The molecule has 0 atom stereocenters. The third-order valence-electron chi connectivity index (χ3n) is 3.38. The molecule has 0 aromatic heterocycles. The third-order valence-corrected chi connectivity index (χ3v) is 3.38. The number of rotatable bonds is 3. The smallest absolute Gasteiger partial charge is 0.0282 e. The first-order chi connectivity index (χ1) is 7.95. The van der Waals surface area contributed by atoms with E-state index in [9.17, 15) is 0 Å². The van der Waals surface area contributed by atoms with Gasteiger partial charge in [-0.25, -0.2) is 0 Å². The molecule has 0 heterocycles. The van der Waals surface area contributed by atoms with E-state index in [0.29, 0.717) is 0 Å². The molecule has 0 nitrogen and oxygen atoms in total. The number of hydrogen-bond acceptors (Lipinski definition) is 0. The first kappa shape index (κ1) is 11.4. The predicted octanol–water partition coefficient (Wildman–Crippen LogP) is 5.10. The van der Waals surface area contributed by atoms with E-state index in [1.807, 2.05) is 0 Å². The highest BCUT2D eigenvalue weighted by Crippen LogP contribution is 2.19. The van der Waals surface area contributed by atoms with Crippen molar-refractivity contribution in [3.8, 4) is 0 Å². The van der Waals surface area contributed by atoms with Gasteiger partial charge in [0.15, 0.2) is 0 Å². The van der Waals surface area contributed by atoms with Crippen LogP contribution in [0.15, 0.2) is 47.6 Å². The molecule has 0 fully saturated rings. The van der Waals surface area contributed by atoms with Crippen molar-refractivity contribution < 1.29 is 0 Å². The van der Waals surface area contributed by atoms with Gasteiger partial charge in [-0.2, -0.15) is 0 Å². The van der Waals surface area contributed by atoms with Crippen molar-refractivity contribution in [1.82, 2.24) is 0 Å². The summed E-state index contributed by atoms with van der Waals surface area (Å²) in [6.07, 6.45) is 24.3. The maximum atomic E-state index is 2.38. The average molecular weight is 214 g/mol. The Bertz CT molecular complexity index is 292. The Hall–Kier alpha value is -1.04. The molecule has 0 N–H and O–H groups in total. The van der Waals surface area contributed by atoms with Gasteiger partial charge in [0.1, 0.15) is 0 Å². The van der Waals surface area contributed by atoms with Crippen molar-refractivity contribution in [2.45, 2.75) is 51.4 Å². The van der Waals surface area contributed by atoms with Crippen molar-refractivity contribution in [3.05, 3.63) is 47.6 Å². The lowest BCUT2D eigenvalue weighted by atomic mass is 9.98. The minimum Gasteiger partial charge on any atom is -0.0813 e. The lowest BCUT2D eigenvalue weighted by Crippen LogP contribution is -1.88. The quantitative estimate of drug-likeness (QED) is 0.573. The van der Waals surface area contributed by atoms with Crippen LogP contribution in [0.1, 0.15) is 51.4 Å². The molecular formula is C16H22. The Morgan fingerprint density at radius 1 is 0.688 bits per heavy atom. The molecule has 0 spiro atoms. The summed E-state index contributed by atoms with van der Waals surface area (Å²) in [4.78, 5) is 0. The molecule has 16 heavy (non-hydrogen) atoms. The molecule has 0 saturated carbocycles. The standard InChI is InChI=1S/C16H22/c1-3-9-15(10-4-1)13-7-8-14-16-11-5-2-6-12-16/h7-9,11,13-14H,1-6,10,12H2/b13-7+,14-8+. The van der Waals surface area contributed by atoms with Crippen molar-refractivity contribution in [3.63, 3.8) is 0 Å². The molecule has 2 aliphatic carbocycles. The van der Waals surface area contributed by atoms with Gasteiger partial charge >= 0.3 is 0 Å². The van der Waals surface area contributed by atoms with Crippen LogP contribution in [0.5, 0.6) is 0 Å². The van der Waals surface area contributed by atoms with E-state index in [1.54, 1.807) is 0 Å². The van der Waals surface area contributed by atoms with Gasteiger partial charge in [0, 0.05) is 0 Å². The summed E-state index contributed by atoms with van der Waals surface area (Å²) in [6, 6.07) is 0. The molecule has 0 heteroatoms. The van der Waals surface area contributed by atoms with Crippen molar-refractivity contribution >= 4 is 0 Å².